The lowest BCUT2D eigenvalue weighted by atomic mass is 9.93. The molecule has 2 aliphatic rings. The normalized spacial score (nSPS) is 15.0. The zero-order chi connectivity index (χ0) is 46.3. The van der Waals surface area contributed by atoms with E-state index in [1.54, 1.807) is 24.3 Å². The molecule has 5 aromatic carbocycles. The molecule has 0 bridgehead atoms. The molecule has 342 valence electrons. The molecule has 5 aromatic rings. The molecule has 0 aromatic heterocycles. The Hall–Kier alpha value is -6.14. The van der Waals surface area contributed by atoms with Crippen molar-refractivity contribution in [2.24, 2.45) is 0 Å². The molecule has 2 saturated carbocycles. The Morgan fingerprint density at radius 2 is 0.985 bits per heavy atom. The standard InChI is InChI=1S/C29H30F2N2O3.C23H26ClFN2O2/c1-20-9-5-6-16-26(20)28(29(35)32-23-12-3-2-4-13-23)33(24-14-7-10-21(30)17-24)27(34)19-36-25-15-8-11-22(31)18-25;1-16-8-5-6-13-20(16)22(23(29)26-18-10-3-2-4-11-18)27(21(28)15-24)19-12-7-9-17(25)14-19/h5-11,14-18,23,28H,2-4,12-13,19H2,1H3,(H,32,35);5-9,12-14,18,22H,2-4,10-11,15H2,1H3,(H,26,29). The molecule has 13 heteroatoms. The van der Waals surface area contributed by atoms with Gasteiger partial charge in [0.25, 0.3) is 5.91 Å². The van der Waals surface area contributed by atoms with Crippen LogP contribution in [-0.4, -0.2) is 48.2 Å². The molecule has 0 saturated heterocycles. The Balaban J connectivity index is 0.000000221. The van der Waals surface area contributed by atoms with Gasteiger partial charge in [-0.1, -0.05) is 105 Å². The van der Waals surface area contributed by atoms with E-state index in [4.69, 9.17) is 16.3 Å². The zero-order valence-corrected chi connectivity index (χ0v) is 37.5. The number of aryl methyl sites for hydroxylation is 2. The first-order valence-corrected chi connectivity index (χ1v) is 22.8. The van der Waals surface area contributed by atoms with Gasteiger partial charge in [-0.05, 0) is 110 Å². The Bertz CT molecular complexity index is 2410. The van der Waals surface area contributed by atoms with Crippen LogP contribution in [0.25, 0.3) is 0 Å². The lowest BCUT2D eigenvalue weighted by Gasteiger charge is -2.34. The van der Waals surface area contributed by atoms with Gasteiger partial charge in [0.15, 0.2) is 6.61 Å². The van der Waals surface area contributed by atoms with Crippen molar-refractivity contribution in [3.8, 4) is 5.75 Å². The topological polar surface area (TPSA) is 108 Å². The van der Waals surface area contributed by atoms with Gasteiger partial charge < -0.3 is 15.4 Å². The maximum absolute atomic E-state index is 14.3. The van der Waals surface area contributed by atoms with Gasteiger partial charge >= 0.3 is 0 Å². The summed E-state index contributed by atoms with van der Waals surface area (Å²) in [5, 5.41) is 6.25. The van der Waals surface area contributed by atoms with Gasteiger partial charge in [-0.3, -0.25) is 29.0 Å². The fourth-order valence-corrected chi connectivity index (χ4v) is 8.73. The van der Waals surface area contributed by atoms with Crippen LogP contribution in [0.15, 0.2) is 121 Å². The van der Waals surface area contributed by atoms with Crippen molar-refractivity contribution in [3.63, 3.8) is 0 Å². The number of hydrogen-bond donors (Lipinski definition) is 2. The summed E-state index contributed by atoms with van der Waals surface area (Å²) in [6.07, 6.45) is 10.1. The minimum absolute atomic E-state index is 0.0192. The number of amides is 4. The monoisotopic (exact) mass is 908 g/mol. The van der Waals surface area contributed by atoms with Crippen LogP contribution in [0, 0.1) is 31.3 Å². The van der Waals surface area contributed by atoms with Crippen LogP contribution >= 0.6 is 11.6 Å². The second-order valence-corrected chi connectivity index (χ2v) is 16.8. The highest BCUT2D eigenvalue weighted by molar-refractivity contribution is 6.30. The Morgan fingerprint density at radius 1 is 0.569 bits per heavy atom. The SMILES string of the molecule is Cc1ccccc1C(C(=O)NC1CCCCC1)N(C(=O)CCl)c1cccc(F)c1.Cc1ccccc1C(C(=O)NC1CCCCC1)N(C(=O)COc1cccc(F)c1)c1cccc(F)c1. The Labute approximate surface area is 384 Å². The van der Waals surface area contributed by atoms with Gasteiger partial charge in [0.05, 0.1) is 0 Å². The first-order chi connectivity index (χ1) is 31.4. The van der Waals surface area contributed by atoms with Crippen molar-refractivity contribution in [1.29, 1.82) is 0 Å². The molecule has 2 unspecified atom stereocenters. The van der Waals surface area contributed by atoms with Gasteiger partial charge in [0.2, 0.25) is 17.7 Å². The van der Waals surface area contributed by atoms with Crippen LogP contribution < -0.4 is 25.2 Å². The second-order valence-electron chi connectivity index (χ2n) is 16.6. The van der Waals surface area contributed by atoms with Crippen LogP contribution in [-0.2, 0) is 19.2 Å². The first kappa shape index (κ1) is 48.3. The summed E-state index contributed by atoms with van der Waals surface area (Å²) in [7, 11) is 0. The molecule has 0 aliphatic heterocycles. The summed E-state index contributed by atoms with van der Waals surface area (Å²) in [6, 6.07) is 29.6. The average molecular weight is 909 g/mol. The van der Waals surface area contributed by atoms with Crippen molar-refractivity contribution >= 4 is 46.6 Å². The Kier molecular flexibility index (Phi) is 17.6. The van der Waals surface area contributed by atoms with Crippen LogP contribution in [0.4, 0.5) is 24.5 Å². The minimum atomic E-state index is -1.04. The number of benzene rings is 5. The highest BCUT2D eigenvalue weighted by Gasteiger charge is 2.36. The average Bonchev–Trinajstić information content (AvgIpc) is 3.30. The zero-order valence-electron chi connectivity index (χ0n) is 36.8. The van der Waals surface area contributed by atoms with Crippen molar-refractivity contribution in [2.75, 3.05) is 22.3 Å². The molecule has 2 aliphatic carbocycles. The summed E-state index contributed by atoms with van der Waals surface area (Å²) in [5.74, 6) is -3.25. The first-order valence-electron chi connectivity index (χ1n) is 22.2. The van der Waals surface area contributed by atoms with Gasteiger partial charge in [-0.15, -0.1) is 11.6 Å². The van der Waals surface area contributed by atoms with Crippen LogP contribution in [0.1, 0.15) is 98.5 Å². The third-order valence-electron chi connectivity index (χ3n) is 11.9. The predicted molar refractivity (Wildman–Crippen MR) is 248 cm³/mol. The number of nitrogens with zero attached hydrogens (tertiary/aromatic N) is 2. The van der Waals surface area contributed by atoms with E-state index in [-0.39, 0.29) is 41.2 Å². The fraction of sp³-hybridized carbons (Fsp3) is 0.346. The van der Waals surface area contributed by atoms with E-state index in [0.29, 0.717) is 16.8 Å². The summed E-state index contributed by atoms with van der Waals surface area (Å²) in [4.78, 5) is 56.3. The van der Waals surface area contributed by atoms with Crippen molar-refractivity contribution in [2.45, 2.75) is 102 Å². The van der Waals surface area contributed by atoms with Crippen molar-refractivity contribution < 1.29 is 37.1 Å². The molecular formula is C52H56ClF3N4O5. The van der Waals surface area contributed by atoms with E-state index >= 15 is 0 Å². The fourth-order valence-electron chi connectivity index (χ4n) is 8.60. The number of hydrogen-bond acceptors (Lipinski definition) is 5. The highest BCUT2D eigenvalue weighted by Crippen LogP contribution is 2.33. The van der Waals surface area contributed by atoms with Gasteiger partial charge in [-0.2, -0.15) is 0 Å². The second kappa shape index (κ2) is 23.7. The van der Waals surface area contributed by atoms with Crippen LogP contribution in [0.5, 0.6) is 5.75 Å². The van der Waals surface area contributed by atoms with Crippen molar-refractivity contribution in [3.05, 3.63) is 161 Å². The number of halogens is 4. The summed E-state index contributed by atoms with van der Waals surface area (Å²) >= 11 is 5.89. The van der Waals surface area contributed by atoms with Crippen molar-refractivity contribution in [1.82, 2.24) is 10.6 Å². The molecule has 2 atom stereocenters. The number of nitrogens with one attached hydrogen (secondary N) is 2. The maximum Gasteiger partial charge on any atom is 0.265 e. The number of anilines is 2. The number of carbonyl (C=O) groups is 4. The molecule has 0 radical (unpaired) electrons. The molecule has 0 spiro atoms. The predicted octanol–water partition coefficient (Wildman–Crippen LogP) is 10.8. The van der Waals surface area contributed by atoms with Crippen LogP contribution in [0.3, 0.4) is 0 Å². The minimum Gasteiger partial charge on any atom is -0.484 e. The van der Waals surface area contributed by atoms with E-state index in [1.165, 1.54) is 76.9 Å². The lowest BCUT2D eigenvalue weighted by molar-refractivity contribution is -0.128. The number of alkyl halides is 1. The van der Waals surface area contributed by atoms with Gasteiger partial charge in [0, 0.05) is 29.5 Å². The number of rotatable bonds is 14. The smallest absolute Gasteiger partial charge is 0.265 e. The lowest BCUT2D eigenvalue weighted by Crippen LogP contribution is -2.48. The van der Waals surface area contributed by atoms with Gasteiger partial charge in [0.1, 0.15) is 41.2 Å². The Morgan fingerprint density at radius 3 is 1.40 bits per heavy atom. The number of ether oxygens (including phenoxy) is 1. The molecule has 0 heterocycles. The van der Waals surface area contributed by atoms with E-state index in [2.05, 4.69) is 10.6 Å². The molecule has 4 amide bonds. The highest BCUT2D eigenvalue weighted by atomic mass is 35.5. The molecule has 9 nitrogen and oxygen atoms in total. The summed E-state index contributed by atoms with van der Waals surface area (Å²) in [5.41, 5.74) is 3.57. The summed E-state index contributed by atoms with van der Waals surface area (Å²) < 4.78 is 47.4. The van der Waals surface area contributed by atoms with E-state index in [9.17, 15) is 32.3 Å². The van der Waals surface area contributed by atoms with Crippen LogP contribution in [0.2, 0.25) is 0 Å². The van der Waals surface area contributed by atoms with Gasteiger partial charge in [-0.25, -0.2) is 13.2 Å². The molecule has 2 N–H and O–H groups in total. The largest absolute Gasteiger partial charge is 0.484 e. The maximum atomic E-state index is 14.3. The number of carbonyl (C=O) groups excluding carboxylic acids is 4. The van der Waals surface area contributed by atoms with E-state index < -0.39 is 48.0 Å². The van der Waals surface area contributed by atoms with E-state index in [0.717, 1.165) is 68.9 Å². The molecular weight excluding hydrogens is 853 g/mol. The third kappa shape index (κ3) is 13.2. The quantitative estimate of drug-likeness (QED) is 0.108. The molecule has 7 rings (SSSR count). The summed E-state index contributed by atoms with van der Waals surface area (Å²) in [6.45, 7) is 3.30. The van der Waals surface area contributed by atoms with E-state index in [1.807, 2.05) is 50.2 Å². The molecule has 65 heavy (non-hydrogen) atoms. The third-order valence-corrected chi connectivity index (χ3v) is 12.1. The molecule has 2 fully saturated rings.